The molecule has 0 unspecified atom stereocenters. The normalized spacial score (nSPS) is 38.5. The lowest BCUT2D eigenvalue weighted by molar-refractivity contribution is -0.161. The lowest BCUT2D eigenvalue weighted by Crippen LogP contribution is -2.45. The largest absolute Gasteiger partial charge is 0.469 e. The molecule has 0 bridgehead atoms. The molecule has 0 aromatic heterocycles. The molecule has 0 spiro atoms. The third-order valence-corrected chi connectivity index (χ3v) is 4.44. The Labute approximate surface area is 97.5 Å². The monoisotopic (exact) mass is 226 g/mol. The molecule has 2 aliphatic rings. The van der Waals surface area contributed by atoms with Crippen LogP contribution >= 0.6 is 0 Å². The van der Waals surface area contributed by atoms with Crippen LogP contribution in [0.5, 0.6) is 0 Å². The second-order valence-electron chi connectivity index (χ2n) is 5.54. The number of carbonyl (C=O) groups excluding carboxylic acids is 1. The highest BCUT2D eigenvalue weighted by Crippen LogP contribution is 2.50. The van der Waals surface area contributed by atoms with Gasteiger partial charge in [-0.1, -0.05) is 13.8 Å². The standard InChI is InChI=1S/C13H22O3/c1-9(2)10-4-5-11-13(8-10,6-7-16-11)12(14)15-3/h9-11H,4-8H2,1-3H3/t10-,11+,13+/m1/s1. The van der Waals surface area contributed by atoms with Gasteiger partial charge in [0.15, 0.2) is 0 Å². The topological polar surface area (TPSA) is 35.5 Å². The van der Waals surface area contributed by atoms with E-state index in [1.54, 1.807) is 0 Å². The summed E-state index contributed by atoms with van der Waals surface area (Å²) in [7, 11) is 1.49. The summed E-state index contributed by atoms with van der Waals surface area (Å²) < 4.78 is 10.7. The maximum atomic E-state index is 12.0. The van der Waals surface area contributed by atoms with E-state index in [9.17, 15) is 4.79 Å². The van der Waals surface area contributed by atoms with Crippen molar-refractivity contribution in [2.45, 2.75) is 45.6 Å². The van der Waals surface area contributed by atoms with Crippen molar-refractivity contribution in [3.05, 3.63) is 0 Å². The lowest BCUT2D eigenvalue weighted by Gasteiger charge is -2.40. The van der Waals surface area contributed by atoms with Crippen molar-refractivity contribution in [2.24, 2.45) is 17.3 Å². The van der Waals surface area contributed by atoms with Gasteiger partial charge in [0.25, 0.3) is 0 Å². The van der Waals surface area contributed by atoms with Crippen molar-refractivity contribution >= 4 is 5.97 Å². The predicted molar refractivity (Wildman–Crippen MR) is 61.0 cm³/mol. The molecule has 1 saturated heterocycles. The summed E-state index contributed by atoms with van der Waals surface area (Å²) in [6.45, 7) is 5.20. The Morgan fingerprint density at radius 2 is 2.19 bits per heavy atom. The summed E-state index contributed by atoms with van der Waals surface area (Å²) in [6.07, 6.45) is 4.09. The van der Waals surface area contributed by atoms with Crippen LogP contribution in [-0.4, -0.2) is 25.8 Å². The van der Waals surface area contributed by atoms with Crippen LogP contribution < -0.4 is 0 Å². The van der Waals surface area contributed by atoms with Crippen LogP contribution in [0.4, 0.5) is 0 Å². The SMILES string of the molecule is COC(=O)[C@]12CCO[C@H]1CC[C@@H](C(C)C)C2. The first kappa shape index (κ1) is 11.9. The molecule has 92 valence electrons. The fourth-order valence-electron chi connectivity index (χ4n) is 3.32. The van der Waals surface area contributed by atoms with Gasteiger partial charge in [-0.25, -0.2) is 0 Å². The molecule has 1 heterocycles. The number of esters is 1. The molecular weight excluding hydrogens is 204 g/mol. The highest BCUT2D eigenvalue weighted by molar-refractivity contribution is 5.78. The van der Waals surface area contributed by atoms with Gasteiger partial charge < -0.3 is 9.47 Å². The van der Waals surface area contributed by atoms with Gasteiger partial charge in [0.1, 0.15) is 0 Å². The van der Waals surface area contributed by atoms with Crippen LogP contribution in [0.1, 0.15) is 39.5 Å². The molecule has 3 nitrogen and oxygen atoms in total. The van der Waals surface area contributed by atoms with E-state index in [1.807, 2.05) is 0 Å². The molecule has 0 N–H and O–H groups in total. The summed E-state index contributed by atoms with van der Waals surface area (Å²) in [6, 6.07) is 0. The number of rotatable bonds is 2. The molecule has 0 amide bonds. The summed E-state index contributed by atoms with van der Waals surface area (Å²) in [4.78, 5) is 12.0. The number of hydrogen-bond acceptors (Lipinski definition) is 3. The van der Waals surface area contributed by atoms with E-state index >= 15 is 0 Å². The molecule has 2 rings (SSSR count). The number of hydrogen-bond donors (Lipinski definition) is 0. The molecule has 2 fully saturated rings. The number of fused-ring (bicyclic) bond motifs is 1. The van der Waals surface area contributed by atoms with Crippen molar-refractivity contribution in [1.29, 1.82) is 0 Å². The lowest BCUT2D eigenvalue weighted by atomic mass is 9.64. The Balaban J connectivity index is 2.19. The molecule has 0 aromatic carbocycles. The highest BCUT2D eigenvalue weighted by atomic mass is 16.5. The number of ether oxygens (including phenoxy) is 2. The first-order valence-electron chi connectivity index (χ1n) is 6.30. The van der Waals surface area contributed by atoms with Crippen LogP contribution in [0.15, 0.2) is 0 Å². The third kappa shape index (κ3) is 1.75. The minimum absolute atomic E-state index is 0.0552. The Hall–Kier alpha value is -0.570. The van der Waals surface area contributed by atoms with Crippen LogP contribution in [0.3, 0.4) is 0 Å². The predicted octanol–water partition coefficient (Wildman–Crippen LogP) is 2.39. The van der Waals surface area contributed by atoms with E-state index < -0.39 is 0 Å². The van der Waals surface area contributed by atoms with E-state index in [2.05, 4.69) is 13.8 Å². The summed E-state index contributed by atoms with van der Waals surface area (Å²) >= 11 is 0. The molecule has 1 aliphatic heterocycles. The minimum Gasteiger partial charge on any atom is -0.469 e. The number of carbonyl (C=O) groups is 1. The van der Waals surface area contributed by atoms with Crippen LogP contribution in [0, 0.1) is 17.3 Å². The first-order valence-corrected chi connectivity index (χ1v) is 6.30. The molecule has 3 atom stereocenters. The molecule has 16 heavy (non-hydrogen) atoms. The Morgan fingerprint density at radius 1 is 1.44 bits per heavy atom. The second kappa shape index (κ2) is 4.36. The van der Waals surface area contributed by atoms with Crippen molar-refractivity contribution in [3.63, 3.8) is 0 Å². The van der Waals surface area contributed by atoms with Gasteiger partial charge in [0, 0.05) is 6.61 Å². The minimum atomic E-state index is -0.331. The van der Waals surface area contributed by atoms with Gasteiger partial charge in [-0.05, 0) is 37.5 Å². The molecule has 1 aliphatic carbocycles. The van der Waals surface area contributed by atoms with Crippen molar-refractivity contribution in [3.8, 4) is 0 Å². The smallest absolute Gasteiger partial charge is 0.314 e. The van der Waals surface area contributed by atoms with Crippen LogP contribution in [0.25, 0.3) is 0 Å². The highest BCUT2D eigenvalue weighted by Gasteiger charge is 2.54. The molecular formula is C13H22O3. The fourth-order valence-corrected chi connectivity index (χ4v) is 3.32. The molecule has 1 saturated carbocycles. The van der Waals surface area contributed by atoms with Gasteiger partial charge in [-0.15, -0.1) is 0 Å². The van der Waals surface area contributed by atoms with E-state index in [0.29, 0.717) is 18.4 Å². The zero-order valence-electron chi connectivity index (χ0n) is 10.5. The van der Waals surface area contributed by atoms with Crippen molar-refractivity contribution in [1.82, 2.24) is 0 Å². The zero-order chi connectivity index (χ0) is 11.8. The van der Waals surface area contributed by atoms with Crippen LogP contribution in [-0.2, 0) is 14.3 Å². The average molecular weight is 226 g/mol. The van der Waals surface area contributed by atoms with Gasteiger partial charge in [-0.3, -0.25) is 4.79 Å². The zero-order valence-corrected chi connectivity index (χ0v) is 10.5. The second-order valence-corrected chi connectivity index (χ2v) is 5.54. The van der Waals surface area contributed by atoms with Crippen LogP contribution in [0.2, 0.25) is 0 Å². The summed E-state index contributed by atoms with van der Waals surface area (Å²) in [5.41, 5.74) is -0.331. The average Bonchev–Trinajstić information content (AvgIpc) is 2.71. The van der Waals surface area contributed by atoms with E-state index in [-0.39, 0.29) is 17.5 Å². The Kier molecular flexibility index (Phi) is 3.24. The fraction of sp³-hybridized carbons (Fsp3) is 0.923. The molecule has 0 radical (unpaired) electrons. The van der Waals surface area contributed by atoms with Crippen molar-refractivity contribution in [2.75, 3.05) is 13.7 Å². The van der Waals surface area contributed by atoms with E-state index in [4.69, 9.17) is 9.47 Å². The summed E-state index contributed by atoms with van der Waals surface area (Å²) in [5.74, 6) is 1.22. The Morgan fingerprint density at radius 3 is 2.81 bits per heavy atom. The van der Waals surface area contributed by atoms with E-state index in [0.717, 1.165) is 19.3 Å². The third-order valence-electron chi connectivity index (χ3n) is 4.44. The van der Waals surface area contributed by atoms with Gasteiger partial charge in [-0.2, -0.15) is 0 Å². The van der Waals surface area contributed by atoms with E-state index in [1.165, 1.54) is 13.5 Å². The maximum absolute atomic E-state index is 12.0. The molecule has 3 heteroatoms. The van der Waals surface area contributed by atoms with Gasteiger partial charge >= 0.3 is 5.97 Å². The molecule has 0 aromatic rings. The maximum Gasteiger partial charge on any atom is 0.314 e. The summed E-state index contributed by atoms with van der Waals surface area (Å²) in [5, 5.41) is 0. The number of methoxy groups -OCH3 is 1. The van der Waals surface area contributed by atoms with Gasteiger partial charge in [0.05, 0.1) is 18.6 Å². The van der Waals surface area contributed by atoms with Crippen molar-refractivity contribution < 1.29 is 14.3 Å². The first-order chi connectivity index (χ1) is 7.60. The van der Waals surface area contributed by atoms with Gasteiger partial charge in [0.2, 0.25) is 0 Å². The Bertz CT molecular complexity index is 274. The quantitative estimate of drug-likeness (QED) is 0.678.